The first kappa shape index (κ1) is 19.3. The number of hydrogen-bond acceptors (Lipinski definition) is 5. The highest BCUT2D eigenvalue weighted by Gasteiger charge is 2.24. The summed E-state index contributed by atoms with van der Waals surface area (Å²) in [5.74, 6) is -2.01. The van der Waals surface area contributed by atoms with Gasteiger partial charge in [-0.15, -0.1) is 0 Å². The quantitative estimate of drug-likeness (QED) is 0.780. The summed E-state index contributed by atoms with van der Waals surface area (Å²) >= 11 is 0. The molecule has 0 aliphatic rings. The number of ether oxygens (including phenoxy) is 1. The number of likely N-dealkylation sites (N-methyl/N-ethyl adjacent to an activating group) is 2. The number of alkyl halides is 2. The van der Waals surface area contributed by atoms with Crippen LogP contribution in [0.25, 0.3) is 0 Å². The molecule has 0 fully saturated rings. The van der Waals surface area contributed by atoms with Crippen LogP contribution in [0.3, 0.4) is 0 Å². The van der Waals surface area contributed by atoms with E-state index in [4.69, 9.17) is 0 Å². The van der Waals surface area contributed by atoms with Crippen molar-refractivity contribution in [3.63, 3.8) is 0 Å². The smallest absolute Gasteiger partial charge is 0.409 e. The summed E-state index contributed by atoms with van der Waals surface area (Å²) in [6, 6.07) is 0. The summed E-state index contributed by atoms with van der Waals surface area (Å²) in [6.45, 7) is 0.198. The third-order valence-electron chi connectivity index (χ3n) is 3.11. The van der Waals surface area contributed by atoms with Crippen LogP contribution in [-0.4, -0.2) is 71.8 Å². The minimum absolute atomic E-state index is 0.0621. The van der Waals surface area contributed by atoms with Gasteiger partial charge in [0.15, 0.2) is 5.69 Å². The molecule has 0 atom stereocenters. The highest BCUT2D eigenvalue weighted by Crippen LogP contribution is 2.24. The lowest BCUT2D eigenvalue weighted by molar-refractivity contribution is -0.142. The fraction of sp³-hybridized carbons (Fsp3) is 0.538. The Hall–Kier alpha value is -2.72. The van der Waals surface area contributed by atoms with Crippen molar-refractivity contribution in [2.45, 2.75) is 6.43 Å². The van der Waals surface area contributed by atoms with Crippen molar-refractivity contribution in [2.24, 2.45) is 7.05 Å². The number of aryl methyl sites for hydroxylation is 1. The van der Waals surface area contributed by atoms with Crippen LogP contribution in [0.2, 0.25) is 0 Å². The molecule has 0 aliphatic carbocycles. The van der Waals surface area contributed by atoms with E-state index in [0.717, 1.165) is 9.58 Å². The molecular formula is C13H19F2N5O4. The lowest BCUT2D eigenvalue weighted by Crippen LogP contribution is -2.42. The van der Waals surface area contributed by atoms with Crippen molar-refractivity contribution < 1.29 is 27.9 Å². The number of amides is 3. The first-order valence-corrected chi connectivity index (χ1v) is 6.84. The second-order valence-electron chi connectivity index (χ2n) is 4.97. The fourth-order valence-corrected chi connectivity index (χ4v) is 1.76. The molecule has 0 bridgehead atoms. The molecule has 0 unspecified atom stereocenters. The number of aromatic nitrogens is 2. The Balaban J connectivity index is 2.64. The maximum Gasteiger partial charge on any atom is 0.409 e. The Kier molecular flexibility index (Phi) is 6.62. The molecule has 0 saturated carbocycles. The molecule has 11 heteroatoms. The fourth-order valence-electron chi connectivity index (χ4n) is 1.76. The molecule has 1 rings (SSSR count). The van der Waals surface area contributed by atoms with Gasteiger partial charge in [0.2, 0.25) is 0 Å². The highest BCUT2D eigenvalue weighted by atomic mass is 19.3. The van der Waals surface area contributed by atoms with Crippen molar-refractivity contribution in [2.75, 3.05) is 39.6 Å². The second-order valence-corrected chi connectivity index (χ2v) is 4.97. The van der Waals surface area contributed by atoms with Gasteiger partial charge >= 0.3 is 17.9 Å². The number of nitrogens with zero attached hydrogens (tertiary/aromatic N) is 4. The summed E-state index contributed by atoms with van der Waals surface area (Å²) < 4.78 is 31.2. The molecule has 1 N–H and O–H groups in total. The lowest BCUT2D eigenvalue weighted by atomic mass is 10.3. The standard InChI is InChI=1S/C13H19F2N5O4/c1-18(5-6-19(2)13(23)24-4)12(22)11(21)16-8-7-20(3)17-9(8)10(14)15/h7,10H,5-6H2,1-4H3,(H,16,21). The van der Waals surface area contributed by atoms with Crippen LogP contribution in [0.15, 0.2) is 6.20 Å². The third-order valence-corrected chi connectivity index (χ3v) is 3.11. The van der Waals surface area contributed by atoms with Crippen LogP contribution < -0.4 is 5.32 Å². The van der Waals surface area contributed by atoms with Crippen LogP contribution in [-0.2, 0) is 21.4 Å². The largest absolute Gasteiger partial charge is 0.453 e. The highest BCUT2D eigenvalue weighted by molar-refractivity contribution is 6.39. The zero-order chi connectivity index (χ0) is 18.4. The van der Waals surface area contributed by atoms with Crippen molar-refractivity contribution in [1.29, 1.82) is 0 Å². The number of rotatable bonds is 5. The summed E-state index contributed by atoms with van der Waals surface area (Å²) in [5, 5.41) is 5.64. The summed E-state index contributed by atoms with van der Waals surface area (Å²) in [6.07, 6.45) is -2.29. The Morgan fingerprint density at radius 2 is 1.88 bits per heavy atom. The van der Waals surface area contributed by atoms with Gasteiger partial charge in [0.1, 0.15) is 0 Å². The van der Waals surface area contributed by atoms with E-state index in [1.54, 1.807) is 0 Å². The van der Waals surface area contributed by atoms with Gasteiger partial charge in [-0.2, -0.15) is 5.10 Å². The van der Waals surface area contributed by atoms with E-state index in [1.807, 2.05) is 0 Å². The zero-order valence-electron chi connectivity index (χ0n) is 13.7. The summed E-state index contributed by atoms with van der Waals surface area (Å²) in [7, 11) is 5.45. The molecule has 134 valence electrons. The Bertz CT molecular complexity index is 620. The molecule has 0 aromatic carbocycles. The average Bonchev–Trinajstić information content (AvgIpc) is 2.91. The van der Waals surface area contributed by atoms with Crippen molar-refractivity contribution in [3.05, 3.63) is 11.9 Å². The number of nitrogens with one attached hydrogen (secondary N) is 1. The molecule has 1 aromatic heterocycles. The van der Waals surface area contributed by atoms with Crippen molar-refractivity contribution in [3.8, 4) is 0 Å². The SMILES string of the molecule is COC(=O)N(C)CCN(C)C(=O)C(=O)Nc1cn(C)nc1C(F)F. The van der Waals surface area contributed by atoms with Crippen LogP contribution in [0.4, 0.5) is 19.3 Å². The number of carbonyl (C=O) groups excluding carboxylic acids is 3. The number of anilines is 1. The molecule has 0 spiro atoms. The van der Waals surface area contributed by atoms with Gasteiger partial charge in [-0.25, -0.2) is 13.6 Å². The van der Waals surface area contributed by atoms with Gasteiger partial charge in [0.05, 0.1) is 12.8 Å². The maximum absolute atomic E-state index is 12.8. The number of halogens is 2. The minimum Gasteiger partial charge on any atom is -0.453 e. The Morgan fingerprint density at radius 1 is 1.29 bits per heavy atom. The van der Waals surface area contributed by atoms with E-state index >= 15 is 0 Å². The van der Waals surface area contributed by atoms with E-state index in [0.29, 0.717) is 0 Å². The van der Waals surface area contributed by atoms with Gasteiger partial charge in [0, 0.05) is 40.4 Å². The third kappa shape index (κ3) is 4.89. The predicted molar refractivity (Wildman–Crippen MR) is 79.5 cm³/mol. The summed E-state index contributed by atoms with van der Waals surface area (Å²) in [4.78, 5) is 37.3. The van der Waals surface area contributed by atoms with Gasteiger partial charge in [-0.05, 0) is 0 Å². The predicted octanol–water partition coefficient (Wildman–Crippen LogP) is 0.453. The lowest BCUT2D eigenvalue weighted by Gasteiger charge is -2.21. The molecule has 0 radical (unpaired) electrons. The Labute approximate surface area is 137 Å². The van der Waals surface area contributed by atoms with E-state index < -0.39 is 30.0 Å². The molecule has 9 nitrogen and oxygen atoms in total. The van der Waals surface area contributed by atoms with Gasteiger partial charge in [-0.3, -0.25) is 14.3 Å². The first-order valence-electron chi connectivity index (χ1n) is 6.84. The van der Waals surface area contributed by atoms with E-state index in [-0.39, 0.29) is 18.8 Å². The zero-order valence-corrected chi connectivity index (χ0v) is 13.7. The maximum atomic E-state index is 12.8. The molecule has 1 aromatic rings. The van der Waals surface area contributed by atoms with E-state index in [1.165, 1.54) is 39.3 Å². The monoisotopic (exact) mass is 347 g/mol. The number of hydrogen-bond donors (Lipinski definition) is 1. The number of carbonyl (C=O) groups is 3. The van der Waals surface area contributed by atoms with Crippen molar-refractivity contribution >= 4 is 23.6 Å². The van der Waals surface area contributed by atoms with Crippen LogP contribution in [0, 0.1) is 0 Å². The van der Waals surface area contributed by atoms with Crippen molar-refractivity contribution in [1.82, 2.24) is 19.6 Å². The number of methoxy groups -OCH3 is 1. The van der Waals surface area contributed by atoms with E-state index in [2.05, 4.69) is 15.2 Å². The molecule has 0 aliphatic heterocycles. The normalized spacial score (nSPS) is 10.5. The molecule has 24 heavy (non-hydrogen) atoms. The molecular weight excluding hydrogens is 328 g/mol. The minimum atomic E-state index is -2.89. The Morgan fingerprint density at radius 3 is 2.42 bits per heavy atom. The van der Waals surface area contributed by atoms with Crippen LogP contribution in [0.5, 0.6) is 0 Å². The van der Waals surface area contributed by atoms with Gasteiger partial charge in [-0.1, -0.05) is 0 Å². The molecule has 3 amide bonds. The summed E-state index contributed by atoms with van der Waals surface area (Å²) in [5.41, 5.74) is -0.849. The van der Waals surface area contributed by atoms with Crippen LogP contribution in [0.1, 0.15) is 12.1 Å². The average molecular weight is 347 g/mol. The second kappa shape index (κ2) is 8.22. The van der Waals surface area contributed by atoms with Crippen LogP contribution >= 0.6 is 0 Å². The first-order chi connectivity index (χ1) is 11.2. The van der Waals surface area contributed by atoms with E-state index in [9.17, 15) is 23.2 Å². The van der Waals surface area contributed by atoms with Gasteiger partial charge < -0.3 is 19.9 Å². The topological polar surface area (TPSA) is 96.8 Å². The molecule has 0 saturated heterocycles. The van der Waals surface area contributed by atoms with Gasteiger partial charge in [0.25, 0.3) is 6.43 Å². The molecule has 1 heterocycles.